The van der Waals surface area contributed by atoms with Crippen molar-refractivity contribution in [3.63, 3.8) is 0 Å². The summed E-state index contributed by atoms with van der Waals surface area (Å²) in [6.45, 7) is 14.5. The highest BCUT2D eigenvalue weighted by Crippen LogP contribution is 2.47. The summed E-state index contributed by atoms with van der Waals surface area (Å²) >= 11 is 0. The molecule has 3 aromatic carbocycles. The molecule has 3 rings (SSSR count). The van der Waals surface area contributed by atoms with E-state index in [1.807, 2.05) is 39.8 Å². The maximum atomic E-state index is 13.4. The summed E-state index contributed by atoms with van der Waals surface area (Å²) in [7, 11) is -8.51. The van der Waals surface area contributed by atoms with Gasteiger partial charge in [0.1, 0.15) is 5.75 Å². The fourth-order valence-corrected chi connectivity index (χ4v) is 5.62. The van der Waals surface area contributed by atoms with Gasteiger partial charge in [0.05, 0.1) is 10.6 Å². The highest BCUT2D eigenvalue weighted by atomic mass is 31.2. The third kappa shape index (κ3) is 6.33. The van der Waals surface area contributed by atoms with Crippen LogP contribution in [0.25, 0.3) is 11.1 Å². The SMILES string of the molecule is Cc1cc(C(C)(C)C)c(OP(=O)(O)c2ccc(-c3ccc(P(=O)(O)O)cc3)cc2)cc1C(C)(C)C. The summed E-state index contributed by atoms with van der Waals surface area (Å²) in [5.41, 5.74) is 4.04. The second-order valence-electron chi connectivity index (χ2n) is 10.9. The van der Waals surface area contributed by atoms with Crippen molar-refractivity contribution < 1.29 is 28.3 Å². The minimum absolute atomic E-state index is 0.0616. The van der Waals surface area contributed by atoms with Gasteiger partial charge in [-0.15, -0.1) is 0 Å². The van der Waals surface area contributed by atoms with Gasteiger partial charge in [-0.25, -0.2) is 4.57 Å². The summed E-state index contributed by atoms with van der Waals surface area (Å²) in [4.78, 5) is 29.5. The molecule has 6 nitrogen and oxygen atoms in total. The Bertz CT molecular complexity index is 1310. The Kier molecular flexibility index (Phi) is 7.32. The Balaban J connectivity index is 1.96. The summed E-state index contributed by atoms with van der Waals surface area (Å²) < 4.78 is 30.6. The van der Waals surface area contributed by atoms with Gasteiger partial charge >= 0.3 is 15.2 Å². The van der Waals surface area contributed by atoms with Gasteiger partial charge in [-0.3, -0.25) is 4.57 Å². The highest BCUT2D eigenvalue weighted by Gasteiger charge is 2.30. The van der Waals surface area contributed by atoms with Gasteiger partial charge in [0.25, 0.3) is 0 Å². The first-order chi connectivity index (χ1) is 15.9. The fourth-order valence-electron chi connectivity index (χ4n) is 4.03. The molecule has 8 heteroatoms. The lowest BCUT2D eigenvalue weighted by atomic mass is 9.79. The van der Waals surface area contributed by atoms with Crippen LogP contribution < -0.4 is 15.1 Å². The van der Waals surface area contributed by atoms with Crippen LogP contribution in [0.3, 0.4) is 0 Å². The number of benzene rings is 3. The van der Waals surface area contributed by atoms with E-state index in [0.29, 0.717) is 5.75 Å². The van der Waals surface area contributed by atoms with E-state index in [4.69, 9.17) is 4.52 Å². The van der Waals surface area contributed by atoms with Crippen LogP contribution in [0.4, 0.5) is 0 Å². The van der Waals surface area contributed by atoms with Crippen molar-refractivity contribution in [2.45, 2.75) is 59.3 Å². The normalized spacial score (nSPS) is 14.5. The van der Waals surface area contributed by atoms with Gasteiger partial charge in [-0.05, 0) is 70.3 Å². The summed E-state index contributed by atoms with van der Waals surface area (Å²) in [5.74, 6) is 0.399. The molecule has 0 amide bonds. The second kappa shape index (κ2) is 9.35. The first-order valence-electron chi connectivity index (χ1n) is 11.3. The van der Waals surface area contributed by atoms with E-state index in [1.54, 1.807) is 36.4 Å². The fraction of sp³-hybridized carbons (Fsp3) is 0.333. The first-order valence-corrected chi connectivity index (χ1v) is 14.5. The Labute approximate surface area is 207 Å². The minimum atomic E-state index is -4.31. The Hall–Kier alpha value is -2.20. The highest BCUT2D eigenvalue weighted by molar-refractivity contribution is 7.61. The summed E-state index contributed by atoms with van der Waals surface area (Å²) in [5, 5.41) is 0.0966. The molecule has 3 aromatic rings. The Morgan fingerprint density at radius 2 is 1.09 bits per heavy atom. The van der Waals surface area contributed by atoms with E-state index in [2.05, 4.69) is 20.8 Å². The lowest BCUT2D eigenvalue weighted by Crippen LogP contribution is -2.19. The van der Waals surface area contributed by atoms with Crippen molar-refractivity contribution in [1.29, 1.82) is 0 Å². The van der Waals surface area contributed by atoms with E-state index in [9.17, 15) is 23.8 Å². The monoisotopic (exact) mass is 516 g/mol. The van der Waals surface area contributed by atoms with Crippen molar-refractivity contribution in [2.75, 3.05) is 0 Å². The molecule has 0 aliphatic carbocycles. The largest absolute Gasteiger partial charge is 0.421 e. The molecular weight excluding hydrogens is 482 g/mol. The van der Waals surface area contributed by atoms with Crippen molar-refractivity contribution in [1.82, 2.24) is 0 Å². The van der Waals surface area contributed by atoms with Crippen LogP contribution in [0.5, 0.6) is 5.75 Å². The van der Waals surface area contributed by atoms with E-state index in [0.717, 1.165) is 27.8 Å². The minimum Gasteiger partial charge on any atom is -0.421 e. The van der Waals surface area contributed by atoms with Crippen molar-refractivity contribution in [3.05, 3.63) is 77.4 Å². The van der Waals surface area contributed by atoms with E-state index >= 15 is 0 Å². The quantitative estimate of drug-likeness (QED) is 0.362. The van der Waals surface area contributed by atoms with Gasteiger partial charge in [0.15, 0.2) is 0 Å². The lowest BCUT2D eigenvalue weighted by molar-refractivity contribution is 0.385. The van der Waals surface area contributed by atoms with Crippen LogP contribution in [0.2, 0.25) is 0 Å². The molecule has 188 valence electrons. The van der Waals surface area contributed by atoms with Crippen LogP contribution in [0.15, 0.2) is 60.7 Å². The van der Waals surface area contributed by atoms with Crippen LogP contribution in [0.1, 0.15) is 58.2 Å². The zero-order valence-electron chi connectivity index (χ0n) is 21.2. The van der Waals surface area contributed by atoms with Gasteiger partial charge < -0.3 is 19.2 Å². The van der Waals surface area contributed by atoms with Gasteiger partial charge in [-0.2, -0.15) is 0 Å². The molecule has 0 bridgehead atoms. The molecule has 3 N–H and O–H groups in total. The predicted octanol–water partition coefficient (Wildman–Crippen LogP) is 5.95. The van der Waals surface area contributed by atoms with Crippen LogP contribution in [-0.2, 0) is 20.0 Å². The number of rotatable bonds is 5. The third-order valence-electron chi connectivity index (χ3n) is 5.90. The molecule has 0 saturated heterocycles. The molecule has 35 heavy (non-hydrogen) atoms. The smallest absolute Gasteiger partial charge is 0.408 e. The van der Waals surface area contributed by atoms with Crippen molar-refractivity contribution in [3.8, 4) is 16.9 Å². The van der Waals surface area contributed by atoms with Crippen LogP contribution >= 0.6 is 15.2 Å². The standard InChI is InChI=1S/C27H34O6P2/c1-18-16-24(27(5,6)7)25(17-23(18)26(2,3)4)33-35(31,32)22-14-10-20(11-15-22)19-8-12-21(13-9-19)34(28,29)30/h8-17H,1-7H3,(H,31,32)(H2,28,29,30). The number of aryl methyl sites for hydroxylation is 1. The molecule has 0 aromatic heterocycles. The number of hydrogen-bond donors (Lipinski definition) is 3. The zero-order chi connectivity index (χ0) is 26.4. The Morgan fingerprint density at radius 1 is 0.657 bits per heavy atom. The maximum absolute atomic E-state index is 13.4. The molecule has 1 atom stereocenters. The van der Waals surface area contributed by atoms with E-state index in [1.165, 1.54) is 12.1 Å². The molecule has 0 spiro atoms. The summed E-state index contributed by atoms with van der Waals surface area (Å²) in [6.07, 6.45) is 0. The molecular formula is C27H34O6P2. The van der Waals surface area contributed by atoms with Gasteiger partial charge in [0, 0.05) is 5.56 Å². The van der Waals surface area contributed by atoms with Gasteiger partial charge in [0.2, 0.25) is 0 Å². The molecule has 0 fully saturated rings. The lowest BCUT2D eigenvalue weighted by Gasteiger charge is -2.29. The first kappa shape index (κ1) is 27.4. The van der Waals surface area contributed by atoms with Crippen molar-refractivity contribution in [2.24, 2.45) is 0 Å². The molecule has 0 saturated carbocycles. The molecule has 0 radical (unpaired) electrons. The molecule has 0 heterocycles. The Morgan fingerprint density at radius 3 is 1.49 bits per heavy atom. The topological polar surface area (TPSA) is 104 Å². The average Bonchev–Trinajstić information content (AvgIpc) is 2.72. The predicted molar refractivity (Wildman–Crippen MR) is 142 cm³/mol. The van der Waals surface area contributed by atoms with Crippen molar-refractivity contribution >= 4 is 25.8 Å². The van der Waals surface area contributed by atoms with E-state index < -0.39 is 15.2 Å². The molecule has 0 aliphatic heterocycles. The summed E-state index contributed by atoms with van der Waals surface area (Å²) in [6, 6.07) is 16.4. The maximum Gasteiger partial charge on any atom is 0.408 e. The third-order valence-corrected chi connectivity index (χ3v) is 8.26. The average molecular weight is 517 g/mol. The van der Waals surface area contributed by atoms with Crippen LogP contribution in [0, 0.1) is 6.92 Å². The number of hydrogen-bond acceptors (Lipinski definition) is 3. The van der Waals surface area contributed by atoms with Gasteiger partial charge in [-0.1, -0.05) is 71.9 Å². The van der Waals surface area contributed by atoms with E-state index in [-0.39, 0.29) is 21.4 Å². The molecule has 1 unspecified atom stereocenters. The zero-order valence-corrected chi connectivity index (χ0v) is 23.0. The van der Waals surface area contributed by atoms with Crippen LogP contribution in [-0.4, -0.2) is 14.7 Å². The second-order valence-corrected chi connectivity index (χ2v) is 14.3. The molecule has 0 aliphatic rings.